The zero-order chi connectivity index (χ0) is 13.2. The molecule has 1 aliphatic heterocycles. The minimum Gasteiger partial charge on any atom is -0.339 e. The normalized spacial score (nSPS) is 22.3. The van der Waals surface area contributed by atoms with Crippen LogP contribution in [0.2, 0.25) is 0 Å². The monoisotopic (exact) mass is 279 g/mol. The van der Waals surface area contributed by atoms with Gasteiger partial charge in [0.05, 0.1) is 18.2 Å². The Morgan fingerprint density at radius 1 is 1.47 bits per heavy atom. The first kappa shape index (κ1) is 13.1. The van der Waals surface area contributed by atoms with Crippen molar-refractivity contribution < 1.29 is 4.79 Å². The van der Waals surface area contributed by atoms with Crippen LogP contribution >= 0.6 is 11.3 Å². The minimum atomic E-state index is 0.166. The number of rotatable bonds is 3. The van der Waals surface area contributed by atoms with Gasteiger partial charge < -0.3 is 10.2 Å². The molecule has 1 atom stereocenters. The molecule has 19 heavy (non-hydrogen) atoms. The number of aromatic nitrogens is 1. The van der Waals surface area contributed by atoms with Gasteiger partial charge in [-0.05, 0) is 38.6 Å². The van der Waals surface area contributed by atoms with Crippen molar-refractivity contribution in [3.05, 3.63) is 15.6 Å². The van der Waals surface area contributed by atoms with Gasteiger partial charge in [-0.25, -0.2) is 4.98 Å². The van der Waals surface area contributed by atoms with Crippen molar-refractivity contribution in [1.82, 2.24) is 15.2 Å². The summed E-state index contributed by atoms with van der Waals surface area (Å²) in [5.41, 5.74) is 1.29. The number of hydrogen-bond donors (Lipinski definition) is 1. The Kier molecular flexibility index (Phi) is 3.84. The summed E-state index contributed by atoms with van der Waals surface area (Å²) >= 11 is 1.80. The van der Waals surface area contributed by atoms with Crippen LogP contribution in [0, 0.1) is 5.92 Å². The summed E-state index contributed by atoms with van der Waals surface area (Å²) in [5.74, 6) is 0.428. The van der Waals surface area contributed by atoms with Crippen LogP contribution in [0.5, 0.6) is 0 Å². The highest BCUT2D eigenvalue weighted by atomic mass is 32.1. The van der Waals surface area contributed by atoms with E-state index in [1.165, 1.54) is 29.8 Å². The summed E-state index contributed by atoms with van der Waals surface area (Å²) in [6, 6.07) is 0. The topological polar surface area (TPSA) is 45.2 Å². The largest absolute Gasteiger partial charge is 0.339 e. The third kappa shape index (κ3) is 2.82. The second-order valence-corrected chi connectivity index (χ2v) is 6.74. The number of carbonyl (C=O) groups excluding carboxylic acids is 1. The summed E-state index contributed by atoms with van der Waals surface area (Å²) in [4.78, 5) is 20.3. The van der Waals surface area contributed by atoms with Crippen molar-refractivity contribution in [2.24, 2.45) is 5.92 Å². The van der Waals surface area contributed by atoms with E-state index in [2.05, 4.69) is 5.32 Å². The number of nitrogens with one attached hydrogen (secondary N) is 1. The summed E-state index contributed by atoms with van der Waals surface area (Å²) in [6.45, 7) is 2.47. The van der Waals surface area contributed by atoms with E-state index in [4.69, 9.17) is 4.98 Å². The van der Waals surface area contributed by atoms with Gasteiger partial charge in [0.1, 0.15) is 5.01 Å². The summed E-state index contributed by atoms with van der Waals surface area (Å²) < 4.78 is 0. The molecule has 0 saturated carbocycles. The molecule has 1 saturated heterocycles. The minimum absolute atomic E-state index is 0.166. The van der Waals surface area contributed by atoms with Crippen LogP contribution in [0.1, 0.15) is 34.8 Å². The quantitative estimate of drug-likeness (QED) is 0.914. The maximum atomic E-state index is 12.3. The van der Waals surface area contributed by atoms with Crippen molar-refractivity contribution >= 4 is 17.2 Å². The van der Waals surface area contributed by atoms with E-state index in [9.17, 15) is 4.79 Å². The molecule has 1 aromatic rings. The Labute approximate surface area is 118 Å². The van der Waals surface area contributed by atoms with E-state index in [1.54, 1.807) is 11.3 Å². The Morgan fingerprint density at radius 3 is 3.05 bits per heavy atom. The average molecular weight is 279 g/mol. The molecule has 0 radical (unpaired) electrons. The summed E-state index contributed by atoms with van der Waals surface area (Å²) in [5, 5.41) is 4.36. The fraction of sp³-hybridized carbons (Fsp3) is 0.714. The molecule has 1 N–H and O–H groups in total. The summed E-state index contributed by atoms with van der Waals surface area (Å²) in [6.07, 6.45) is 5.82. The van der Waals surface area contributed by atoms with E-state index in [0.29, 0.717) is 6.54 Å². The number of thiazole rings is 1. The highest BCUT2D eigenvalue weighted by molar-refractivity contribution is 7.11. The van der Waals surface area contributed by atoms with Gasteiger partial charge in [-0.15, -0.1) is 11.3 Å². The molecule has 0 bridgehead atoms. The van der Waals surface area contributed by atoms with E-state index in [1.807, 2.05) is 11.9 Å². The highest BCUT2D eigenvalue weighted by Crippen LogP contribution is 2.27. The van der Waals surface area contributed by atoms with Crippen LogP contribution in [0.25, 0.3) is 0 Å². The second kappa shape index (κ2) is 5.59. The molecule has 0 spiro atoms. The highest BCUT2D eigenvalue weighted by Gasteiger charge is 2.26. The average Bonchev–Trinajstić information content (AvgIpc) is 3.06. The number of nitrogens with zero attached hydrogens (tertiary/aromatic N) is 2. The van der Waals surface area contributed by atoms with Gasteiger partial charge >= 0.3 is 0 Å². The van der Waals surface area contributed by atoms with Gasteiger partial charge in [0.25, 0.3) is 0 Å². The van der Waals surface area contributed by atoms with E-state index in [0.717, 1.165) is 30.9 Å². The number of carbonyl (C=O) groups is 1. The van der Waals surface area contributed by atoms with Gasteiger partial charge in [-0.2, -0.15) is 0 Å². The molecule has 1 unspecified atom stereocenters. The first-order valence-electron chi connectivity index (χ1n) is 7.17. The van der Waals surface area contributed by atoms with Crippen LogP contribution in [-0.4, -0.2) is 35.9 Å². The zero-order valence-corrected chi connectivity index (χ0v) is 12.3. The lowest BCUT2D eigenvalue weighted by molar-refractivity contribution is -0.134. The van der Waals surface area contributed by atoms with Gasteiger partial charge in [-0.1, -0.05) is 0 Å². The lowest BCUT2D eigenvalue weighted by Gasteiger charge is -2.19. The fourth-order valence-corrected chi connectivity index (χ4v) is 4.14. The van der Waals surface area contributed by atoms with Crippen molar-refractivity contribution in [3.63, 3.8) is 0 Å². The molecule has 3 rings (SSSR count). The first-order valence-corrected chi connectivity index (χ1v) is 7.99. The molecular weight excluding hydrogens is 258 g/mol. The number of hydrogen-bond acceptors (Lipinski definition) is 4. The Bertz CT molecular complexity index is 442. The SMILES string of the molecule is CN(Cc1nc2c(s1)CCCC2)C(=O)C1CCNC1. The predicted octanol–water partition coefficient (Wildman–Crippen LogP) is 1.59. The van der Waals surface area contributed by atoms with E-state index < -0.39 is 0 Å². The Hall–Kier alpha value is -0.940. The molecule has 5 heteroatoms. The molecule has 4 nitrogen and oxygen atoms in total. The van der Waals surface area contributed by atoms with Crippen LogP contribution in [-0.2, 0) is 24.2 Å². The predicted molar refractivity (Wildman–Crippen MR) is 76.2 cm³/mol. The molecule has 104 valence electrons. The van der Waals surface area contributed by atoms with Crippen molar-refractivity contribution in [2.75, 3.05) is 20.1 Å². The number of amides is 1. The maximum absolute atomic E-state index is 12.3. The second-order valence-electron chi connectivity index (χ2n) is 5.57. The Morgan fingerprint density at radius 2 is 2.32 bits per heavy atom. The summed E-state index contributed by atoms with van der Waals surface area (Å²) in [7, 11) is 1.90. The van der Waals surface area contributed by atoms with E-state index in [-0.39, 0.29) is 11.8 Å². The zero-order valence-electron chi connectivity index (χ0n) is 11.4. The third-order valence-electron chi connectivity index (χ3n) is 4.05. The number of aryl methyl sites for hydroxylation is 2. The van der Waals surface area contributed by atoms with Gasteiger partial charge in [-0.3, -0.25) is 4.79 Å². The van der Waals surface area contributed by atoms with Crippen molar-refractivity contribution in [2.45, 2.75) is 38.6 Å². The molecule has 1 aliphatic carbocycles. The van der Waals surface area contributed by atoms with Crippen LogP contribution < -0.4 is 5.32 Å². The molecule has 1 fully saturated rings. The third-order valence-corrected chi connectivity index (χ3v) is 5.19. The van der Waals surface area contributed by atoms with Crippen molar-refractivity contribution in [1.29, 1.82) is 0 Å². The fourth-order valence-electron chi connectivity index (χ4n) is 2.93. The molecule has 1 amide bonds. The lowest BCUT2D eigenvalue weighted by Crippen LogP contribution is -2.33. The first-order chi connectivity index (χ1) is 9.24. The smallest absolute Gasteiger partial charge is 0.227 e. The number of fused-ring (bicyclic) bond motifs is 1. The maximum Gasteiger partial charge on any atom is 0.227 e. The van der Waals surface area contributed by atoms with Crippen LogP contribution in [0.15, 0.2) is 0 Å². The molecule has 1 aromatic heterocycles. The van der Waals surface area contributed by atoms with Crippen LogP contribution in [0.4, 0.5) is 0 Å². The van der Waals surface area contributed by atoms with Crippen molar-refractivity contribution in [3.8, 4) is 0 Å². The standard InChI is InChI=1S/C14H21N3OS/c1-17(14(18)10-6-7-15-8-10)9-13-16-11-4-2-3-5-12(11)19-13/h10,15H,2-9H2,1H3. The van der Waals surface area contributed by atoms with Gasteiger partial charge in [0.15, 0.2) is 0 Å². The molecule has 0 aromatic carbocycles. The van der Waals surface area contributed by atoms with Crippen LogP contribution in [0.3, 0.4) is 0 Å². The van der Waals surface area contributed by atoms with E-state index >= 15 is 0 Å². The van der Waals surface area contributed by atoms with Gasteiger partial charge in [0.2, 0.25) is 5.91 Å². The molecule has 2 heterocycles. The lowest BCUT2D eigenvalue weighted by atomic mass is 10.0. The molecule has 2 aliphatic rings. The van der Waals surface area contributed by atoms with Gasteiger partial charge in [0, 0.05) is 18.5 Å². The molecular formula is C14H21N3OS. The Balaban J connectivity index is 1.63.